The maximum atomic E-state index is 12.2. The number of hydrogen-bond donors (Lipinski definition) is 1. The second kappa shape index (κ2) is 6.97. The number of piperazine rings is 1. The molecule has 0 aromatic heterocycles. The largest absolute Gasteiger partial charge is 0.478 e. The molecule has 1 aliphatic rings. The van der Waals surface area contributed by atoms with Crippen LogP contribution in [0.4, 0.5) is 0 Å². The van der Waals surface area contributed by atoms with E-state index < -0.39 is 16.8 Å². The minimum Gasteiger partial charge on any atom is -0.478 e. The van der Waals surface area contributed by atoms with Crippen molar-refractivity contribution in [3.8, 4) is 0 Å². The number of benzene rings is 1. The summed E-state index contributed by atoms with van der Waals surface area (Å²) in [5.74, 6) is -0.365. The summed E-state index contributed by atoms with van der Waals surface area (Å²) >= 11 is 0. The molecule has 0 radical (unpaired) electrons. The van der Waals surface area contributed by atoms with E-state index in [9.17, 15) is 9.00 Å². The van der Waals surface area contributed by atoms with Crippen molar-refractivity contribution in [2.24, 2.45) is 0 Å². The van der Waals surface area contributed by atoms with Crippen LogP contribution in [0.5, 0.6) is 0 Å². The van der Waals surface area contributed by atoms with E-state index in [1.54, 1.807) is 12.1 Å². The van der Waals surface area contributed by atoms with Gasteiger partial charge in [-0.25, -0.2) is 4.79 Å². The zero-order chi connectivity index (χ0) is 14.5. The Morgan fingerprint density at radius 1 is 1.20 bits per heavy atom. The van der Waals surface area contributed by atoms with Crippen LogP contribution in [0.25, 0.3) is 0 Å². The predicted molar refractivity (Wildman–Crippen MR) is 78.6 cm³/mol. The van der Waals surface area contributed by atoms with Crippen molar-refractivity contribution in [1.29, 1.82) is 0 Å². The van der Waals surface area contributed by atoms with Gasteiger partial charge in [-0.1, -0.05) is 0 Å². The molecule has 0 saturated carbocycles. The third-order valence-electron chi connectivity index (χ3n) is 3.55. The van der Waals surface area contributed by atoms with E-state index in [4.69, 9.17) is 5.11 Å². The highest BCUT2D eigenvalue weighted by molar-refractivity contribution is 7.85. The molecule has 1 saturated heterocycles. The van der Waals surface area contributed by atoms with Gasteiger partial charge in [0.05, 0.1) is 16.4 Å². The van der Waals surface area contributed by atoms with Crippen LogP contribution in [0.15, 0.2) is 29.2 Å². The maximum Gasteiger partial charge on any atom is 0.335 e. The fourth-order valence-electron chi connectivity index (χ4n) is 2.15. The summed E-state index contributed by atoms with van der Waals surface area (Å²) < 4.78 is 12.2. The fourth-order valence-corrected chi connectivity index (χ4v) is 3.25. The Labute approximate surface area is 121 Å². The molecule has 1 aliphatic heterocycles. The number of likely N-dealkylation sites (N-methyl/N-ethyl adjacent to an activating group) is 1. The van der Waals surface area contributed by atoms with Crippen molar-refractivity contribution in [3.05, 3.63) is 29.8 Å². The van der Waals surface area contributed by atoms with Crippen molar-refractivity contribution in [3.63, 3.8) is 0 Å². The molecular weight excluding hydrogens is 276 g/mol. The highest BCUT2D eigenvalue weighted by Gasteiger charge is 2.15. The van der Waals surface area contributed by atoms with Gasteiger partial charge in [0.15, 0.2) is 0 Å². The lowest BCUT2D eigenvalue weighted by Crippen LogP contribution is -2.45. The van der Waals surface area contributed by atoms with Crippen molar-refractivity contribution in [2.75, 3.05) is 45.5 Å². The van der Waals surface area contributed by atoms with Gasteiger partial charge in [0.1, 0.15) is 0 Å². The summed E-state index contributed by atoms with van der Waals surface area (Å²) in [6, 6.07) is 6.30. The van der Waals surface area contributed by atoms with Gasteiger partial charge in [0, 0.05) is 43.4 Å². The molecule has 1 heterocycles. The van der Waals surface area contributed by atoms with Crippen LogP contribution in [0.3, 0.4) is 0 Å². The molecule has 0 aliphatic carbocycles. The molecule has 1 aromatic rings. The molecular formula is C14H20N2O3S. The van der Waals surface area contributed by atoms with Gasteiger partial charge in [-0.15, -0.1) is 0 Å². The number of carboxylic acid groups (broad SMARTS) is 1. The lowest BCUT2D eigenvalue weighted by Gasteiger charge is -2.32. The Morgan fingerprint density at radius 3 is 2.35 bits per heavy atom. The van der Waals surface area contributed by atoms with Crippen LogP contribution in [-0.2, 0) is 10.8 Å². The number of carboxylic acids is 1. The number of rotatable bonds is 5. The Balaban J connectivity index is 1.84. The highest BCUT2D eigenvalue weighted by atomic mass is 32.2. The number of hydrogen-bond acceptors (Lipinski definition) is 4. The van der Waals surface area contributed by atoms with Crippen LogP contribution in [0.2, 0.25) is 0 Å². The Hall–Kier alpha value is -1.24. The summed E-state index contributed by atoms with van der Waals surface area (Å²) in [6.07, 6.45) is 0. The lowest BCUT2D eigenvalue weighted by molar-refractivity contribution is 0.0697. The third kappa shape index (κ3) is 4.13. The Morgan fingerprint density at radius 2 is 1.80 bits per heavy atom. The Bertz CT molecular complexity index is 482. The quantitative estimate of drug-likeness (QED) is 0.868. The zero-order valence-electron chi connectivity index (χ0n) is 11.6. The summed E-state index contributed by atoms with van der Waals surface area (Å²) in [5.41, 5.74) is 0.227. The average Bonchev–Trinajstić information content (AvgIpc) is 2.46. The van der Waals surface area contributed by atoms with Crippen molar-refractivity contribution in [1.82, 2.24) is 9.80 Å². The van der Waals surface area contributed by atoms with E-state index in [0.717, 1.165) is 32.7 Å². The normalized spacial score (nSPS) is 18.9. The summed E-state index contributed by atoms with van der Waals surface area (Å²) in [6.45, 7) is 4.97. The molecule has 110 valence electrons. The van der Waals surface area contributed by atoms with E-state index in [-0.39, 0.29) is 5.56 Å². The van der Waals surface area contributed by atoms with Crippen molar-refractivity contribution in [2.45, 2.75) is 4.90 Å². The number of carbonyl (C=O) groups is 1. The second-order valence-electron chi connectivity index (χ2n) is 5.02. The first kappa shape index (κ1) is 15.2. The molecule has 6 heteroatoms. The summed E-state index contributed by atoms with van der Waals surface area (Å²) in [7, 11) is 1.05. The minimum atomic E-state index is -1.06. The molecule has 1 fully saturated rings. The first-order valence-corrected chi connectivity index (χ1v) is 8.01. The molecule has 0 amide bonds. The van der Waals surface area contributed by atoms with Gasteiger partial charge in [-0.2, -0.15) is 0 Å². The molecule has 2 rings (SSSR count). The fraction of sp³-hybridized carbons (Fsp3) is 0.500. The third-order valence-corrected chi connectivity index (χ3v) is 4.90. The maximum absolute atomic E-state index is 12.2. The summed E-state index contributed by atoms with van der Waals surface area (Å²) in [5, 5.41) is 8.82. The SMILES string of the molecule is CN1CCN(CCS(=O)c2ccc(C(=O)O)cc2)CC1. The van der Waals surface area contributed by atoms with Gasteiger partial charge in [0.25, 0.3) is 0 Å². The van der Waals surface area contributed by atoms with E-state index in [0.29, 0.717) is 10.6 Å². The van der Waals surface area contributed by atoms with Gasteiger partial charge in [0.2, 0.25) is 0 Å². The van der Waals surface area contributed by atoms with Crippen LogP contribution >= 0.6 is 0 Å². The first-order chi connectivity index (χ1) is 9.56. The van der Waals surface area contributed by atoms with Gasteiger partial charge in [-0.3, -0.25) is 9.11 Å². The molecule has 5 nitrogen and oxygen atoms in total. The van der Waals surface area contributed by atoms with Crippen molar-refractivity contribution >= 4 is 16.8 Å². The molecule has 1 atom stereocenters. The molecule has 1 unspecified atom stereocenters. The molecule has 1 aromatic carbocycles. The standard InChI is InChI=1S/C14H20N2O3S/c1-15-6-8-16(9-7-15)10-11-20(19)13-4-2-12(3-5-13)14(17)18/h2-5H,6-11H2,1H3,(H,17,18). The molecule has 0 spiro atoms. The van der Waals surface area contributed by atoms with Gasteiger partial charge < -0.3 is 10.0 Å². The average molecular weight is 296 g/mol. The molecule has 20 heavy (non-hydrogen) atoms. The predicted octanol–water partition coefficient (Wildman–Crippen LogP) is 0.740. The monoisotopic (exact) mass is 296 g/mol. The van der Waals surface area contributed by atoms with Gasteiger partial charge in [-0.05, 0) is 31.3 Å². The van der Waals surface area contributed by atoms with E-state index in [2.05, 4.69) is 16.8 Å². The smallest absolute Gasteiger partial charge is 0.335 e. The van der Waals surface area contributed by atoms with Gasteiger partial charge >= 0.3 is 5.97 Å². The van der Waals surface area contributed by atoms with Crippen LogP contribution in [0, 0.1) is 0 Å². The zero-order valence-corrected chi connectivity index (χ0v) is 12.4. The van der Waals surface area contributed by atoms with E-state index in [1.165, 1.54) is 12.1 Å². The second-order valence-corrected chi connectivity index (χ2v) is 6.59. The minimum absolute atomic E-state index is 0.227. The topological polar surface area (TPSA) is 60.9 Å². The van der Waals surface area contributed by atoms with E-state index >= 15 is 0 Å². The Kier molecular flexibility index (Phi) is 5.28. The summed E-state index contributed by atoms with van der Waals surface area (Å²) in [4.78, 5) is 16.1. The lowest BCUT2D eigenvalue weighted by atomic mass is 10.2. The van der Waals surface area contributed by atoms with Crippen molar-refractivity contribution < 1.29 is 14.1 Å². The van der Waals surface area contributed by atoms with E-state index in [1.807, 2.05) is 0 Å². The van der Waals surface area contributed by atoms with Crippen LogP contribution in [0.1, 0.15) is 10.4 Å². The number of aromatic carboxylic acids is 1. The first-order valence-electron chi connectivity index (χ1n) is 6.69. The highest BCUT2D eigenvalue weighted by Crippen LogP contribution is 2.10. The molecule has 0 bridgehead atoms. The molecule has 1 N–H and O–H groups in total. The number of nitrogens with zero attached hydrogens (tertiary/aromatic N) is 2. The van der Waals surface area contributed by atoms with Crippen LogP contribution < -0.4 is 0 Å². The van der Waals surface area contributed by atoms with Crippen LogP contribution in [-0.4, -0.2) is 70.6 Å².